The number of anilines is 1. The molecule has 0 saturated carbocycles. The molecule has 0 aromatic heterocycles. The van der Waals surface area contributed by atoms with Gasteiger partial charge in [-0.25, -0.2) is 12.8 Å². The van der Waals surface area contributed by atoms with Crippen LogP contribution in [0, 0.1) is 12.7 Å². The van der Waals surface area contributed by atoms with Gasteiger partial charge in [-0.3, -0.25) is 4.31 Å². The maximum absolute atomic E-state index is 13.7. The first-order chi connectivity index (χ1) is 13.8. The minimum atomic E-state index is -3.95. The number of sulfonamides is 1. The van der Waals surface area contributed by atoms with Crippen LogP contribution in [0.1, 0.15) is 11.1 Å². The summed E-state index contributed by atoms with van der Waals surface area (Å²) in [5, 5.41) is 0. The van der Waals surface area contributed by atoms with Crippen LogP contribution in [0.2, 0.25) is 0 Å². The molecule has 0 saturated heterocycles. The van der Waals surface area contributed by atoms with E-state index < -0.39 is 15.8 Å². The van der Waals surface area contributed by atoms with Crippen LogP contribution in [0.5, 0.6) is 11.5 Å². The Bertz CT molecular complexity index is 1090. The van der Waals surface area contributed by atoms with Crippen molar-refractivity contribution in [1.29, 1.82) is 0 Å². The van der Waals surface area contributed by atoms with Gasteiger partial charge in [0.1, 0.15) is 17.3 Å². The smallest absolute Gasteiger partial charge is 0.264 e. The number of aryl methyl sites for hydroxylation is 1. The highest BCUT2D eigenvalue weighted by molar-refractivity contribution is 7.92. The van der Waals surface area contributed by atoms with E-state index in [-0.39, 0.29) is 11.4 Å². The van der Waals surface area contributed by atoms with Gasteiger partial charge in [0.25, 0.3) is 10.0 Å². The summed E-state index contributed by atoms with van der Waals surface area (Å²) in [4.78, 5) is 0.179. The summed E-state index contributed by atoms with van der Waals surface area (Å²) in [6, 6.07) is 17.5. The minimum Gasteiger partial charge on any atom is -0.497 e. The van der Waals surface area contributed by atoms with E-state index in [1.807, 2.05) is 0 Å². The molecule has 7 heteroatoms. The number of hydrogen-bond donors (Lipinski definition) is 0. The van der Waals surface area contributed by atoms with Crippen LogP contribution in [-0.2, 0) is 16.6 Å². The summed E-state index contributed by atoms with van der Waals surface area (Å²) in [5.41, 5.74) is 1.49. The van der Waals surface area contributed by atoms with Crippen LogP contribution in [0.15, 0.2) is 71.6 Å². The summed E-state index contributed by atoms with van der Waals surface area (Å²) in [7, 11) is -0.963. The fraction of sp³-hybridized carbons (Fsp3) is 0.182. The van der Waals surface area contributed by atoms with E-state index in [2.05, 4.69) is 0 Å². The summed E-state index contributed by atoms with van der Waals surface area (Å²) >= 11 is 0. The lowest BCUT2D eigenvalue weighted by molar-refractivity contribution is 0.394. The highest BCUT2D eigenvalue weighted by Gasteiger charge is 2.27. The van der Waals surface area contributed by atoms with Crippen LogP contribution in [-0.4, -0.2) is 22.6 Å². The van der Waals surface area contributed by atoms with Crippen LogP contribution in [0.3, 0.4) is 0 Å². The fourth-order valence-electron chi connectivity index (χ4n) is 3.02. The molecule has 3 aromatic rings. The van der Waals surface area contributed by atoms with Crippen molar-refractivity contribution in [3.63, 3.8) is 0 Å². The van der Waals surface area contributed by atoms with Gasteiger partial charge in [-0.15, -0.1) is 0 Å². The highest BCUT2D eigenvalue weighted by Crippen LogP contribution is 2.33. The molecular formula is C22H22FNO4S. The van der Waals surface area contributed by atoms with Gasteiger partial charge in [-0.2, -0.15) is 0 Å². The van der Waals surface area contributed by atoms with Gasteiger partial charge in [-0.1, -0.05) is 30.3 Å². The molecule has 5 nitrogen and oxygen atoms in total. The highest BCUT2D eigenvalue weighted by atomic mass is 32.2. The molecule has 0 fully saturated rings. The molecule has 0 amide bonds. The molecule has 0 aliphatic carbocycles. The number of rotatable bonds is 7. The first-order valence-corrected chi connectivity index (χ1v) is 10.3. The molecule has 0 atom stereocenters. The normalized spacial score (nSPS) is 11.2. The zero-order valence-electron chi connectivity index (χ0n) is 16.4. The molecular weight excluding hydrogens is 393 g/mol. The Hall–Kier alpha value is -3.06. The first-order valence-electron chi connectivity index (χ1n) is 8.91. The van der Waals surface area contributed by atoms with E-state index in [1.54, 1.807) is 61.5 Å². The zero-order valence-corrected chi connectivity index (χ0v) is 17.2. The van der Waals surface area contributed by atoms with Crippen molar-refractivity contribution in [1.82, 2.24) is 0 Å². The average Bonchev–Trinajstić information content (AvgIpc) is 2.71. The molecule has 0 spiro atoms. The molecule has 0 aliphatic heterocycles. The molecule has 3 rings (SSSR count). The largest absolute Gasteiger partial charge is 0.497 e. The third-order valence-corrected chi connectivity index (χ3v) is 6.44. The predicted octanol–water partition coefficient (Wildman–Crippen LogP) is 4.55. The molecule has 3 aromatic carbocycles. The Morgan fingerprint density at radius 1 is 0.897 bits per heavy atom. The molecule has 0 aliphatic rings. The van der Waals surface area contributed by atoms with Gasteiger partial charge in [-0.05, 0) is 36.2 Å². The van der Waals surface area contributed by atoms with E-state index in [9.17, 15) is 12.8 Å². The van der Waals surface area contributed by atoms with E-state index in [0.717, 1.165) is 0 Å². The Kier molecular flexibility index (Phi) is 6.08. The van der Waals surface area contributed by atoms with E-state index in [1.165, 1.54) is 30.7 Å². The predicted molar refractivity (Wildman–Crippen MR) is 110 cm³/mol. The average molecular weight is 415 g/mol. The monoisotopic (exact) mass is 415 g/mol. The van der Waals surface area contributed by atoms with Crippen molar-refractivity contribution in [2.45, 2.75) is 18.4 Å². The second kappa shape index (κ2) is 8.53. The Morgan fingerprint density at radius 3 is 2.14 bits per heavy atom. The molecule has 152 valence electrons. The molecule has 0 unspecified atom stereocenters. The number of ether oxygens (including phenoxy) is 2. The maximum Gasteiger partial charge on any atom is 0.264 e. The summed E-state index contributed by atoms with van der Waals surface area (Å²) in [6.45, 7) is 1.68. The lowest BCUT2D eigenvalue weighted by atomic mass is 10.2. The second-order valence-corrected chi connectivity index (χ2v) is 8.31. The quantitative estimate of drug-likeness (QED) is 0.568. The van der Waals surface area contributed by atoms with Crippen molar-refractivity contribution in [2.24, 2.45) is 0 Å². The van der Waals surface area contributed by atoms with E-state index in [4.69, 9.17) is 9.47 Å². The van der Waals surface area contributed by atoms with Crippen molar-refractivity contribution < 1.29 is 22.3 Å². The van der Waals surface area contributed by atoms with Crippen molar-refractivity contribution >= 4 is 15.7 Å². The summed E-state index contributed by atoms with van der Waals surface area (Å²) in [5.74, 6) is 0.464. The summed E-state index contributed by atoms with van der Waals surface area (Å²) in [6.07, 6.45) is 0. The second-order valence-electron chi connectivity index (χ2n) is 6.48. The number of methoxy groups -OCH3 is 2. The van der Waals surface area contributed by atoms with Gasteiger partial charge in [0.15, 0.2) is 0 Å². The van der Waals surface area contributed by atoms with Gasteiger partial charge in [0, 0.05) is 18.2 Å². The number of hydrogen-bond acceptors (Lipinski definition) is 4. The Morgan fingerprint density at radius 2 is 1.55 bits per heavy atom. The number of nitrogens with zero attached hydrogens (tertiary/aromatic N) is 1. The fourth-order valence-corrected chi connectivity index (χ4v) is 4.68. The molecule has 0 bridgehead atoms. The SMILES string of the molecule is COc1cc(OC)cc(N(Cc2cccc(F)c2)S(=O)(=O)c2ccccc2C)c1. The van der Waals surface area contributed by atoms with E-state index >= 15 is 0 Å². The Labute approximate surface area is 170 Å². The van der Waals surface area contributed by atoms with E-state index in [0.29, 0.717) is 28.3 Å². The van der Waals surface area contributed by atoms with Crippen molar-refractivity contribution in [3.8, 4) is 11.5 Å². The van der Waals surface area contributed by atoms with Gasteiger partial charge >= 0.3 is 0 Å². The molecule has 0 heterocycles. The van der Waals surface area contributed by atoms with Gasteiger partial charge in [0.05, 0.1) is 31.3 Å². The molecule has 0 N–H and O–H groups in total. The number of halogens is 1. The third kappa shape index (κ3) is 4.51. The lowest BCUT2D eigenvalue weighted by Gasteiger charge is -2.26. The Balaban J connectivity index is 2.18. The lowest BCUT2D eigenvalue weighted by Crippen LogP contribution is -2.31. The standard InChI is InChI=1S/C22H22FNO4S/c1-16-7-4-5-10-22(16)29(25,26)24(15-17-8-6-9-18(23)11-17)19-12-20(27-2)14-21(13-19)28-3/h4-14H,15H2,1-3H3. The molecule has 0 radical (unpaired) electrons. The molecule has 29 heavy (non-hydrogen) atoms. The maximum atomic E-state index is 13.7. The number of benzene rings is 3. The van der Waals surface area contributed by atoms with Gasteiger partial charge < -0.3 is 9.47 Å². The van der Waals surface area contributed by atoms with Crippen LogP contribution in [0.4, 0.5) is 10.1 Å². The van der Waals surface area contributed by atoms with Crippen LogP contribution < -0.4 is 13.8 Å². The van der Waals surface area contributed by atoms with Crippen molar-refractivity contribution in [3.05, 3.63) is 83.7 Å². The van der Waals surface area contributed by atoms with Crippen molar-refractivity contribution in [2.75, 3.05) is 18.5 Å². The van der Waals surface area contributed by atoms with Crippen LogP contribution >= 0.6 is 0 Å². The minimum absolute atomic E-state index is 0.0508. The van der Waals surface area contributed by atoms with Crippen LogP contribution in [0.25, 0.3) is 0 Å². The first kappa shape index (κ1) is 20.7. The third-order valence-electron chi connectivity index (χ3n) is 4.50. The summed E-state index contributed by atoms with van der Waals surface area (Å²) < 4.78 is 52.7. The topological polar surface area (TPSA) is 55.8 Å². The zero-order chi connectivity index (χ0) is 21.0. The van der Waals surface area contributed by atoms with Gasteiger partial charge in [0.2, 0.25) is 0 Å².